The molecule has 6 N–H and O–H groups in total. The summed E-state index contributed by atoms with van der Waals surface area (Å²) in [6.45, 7) is 0. The molecule has 7 aromatic rings. The first kappa shape index (κ1) is 40.2. The number of nitrogens with one attached hydrogen (secondary N) is 3. The van der Waals surface area contributed by atoms with Gasteiger partial charge in [0.2, 0.25) is 0 Å². The van der Waals surface area contributed by atoms with Crippen LogP contribution in [0.15, 0.2) is 169 Å². The maximum atomic E-state index is 12.5. The average molecular weight is 853 g/mol. The first-order valence-corrected chi connectivity index (χ1v) is 21.2. The molecule has 0 aliphatic carbocycles. The molecule has 1 atom stereocenters. The first-order valence-electron chi connectivity index (χ1n) is 16.9. The molecular weight excluding hydrogens is 825 g/mol. The molecule has 0 saturated carbocycles. The van der Waals surface area contributed by atoms with Gasteiger partial charge in [0.1, 0.15) is 10.6 Å². The zero-order chi connectivity index (χ0) is 42.1. The molecule has 0 aromatic heterocycles. The van der Waals surface area contributed by atoms with E-state index in [0.717, 1.165) is 12.1 Å². The highest BCUT2D eigenvalue weighted by Gasteiger charge is 2.21. The van der Waals surface area contributed by atoms with E-state index in [0.29, 0.717) is 33.5 Å². The second-order valence-corrected chi connectivity index (χ2v) is 16.9. The van der Waals surface area contributed by atoms with Crippen LogP contribution in [0, 0.1) is 14.9 Å². The summed E-state index contributed by atoms with van der Waals surface area (Å²) in [5, 5.41) is 36.0. The number of azo groups is 2. The van der Waals surface area contributed by atoms with E-state index in [2.05, 4.69) is 31.1 Å². The Labute approximate surface area is 335 Å². The Hall–Kier alpha value is -7.01. The van der Waals surface area contributed by atoms with Gasteiger partial charge in [-0.1, -0.05) is 36.4 Å². The van der Waals surface area contributed by atoms with Crippen molar-refractivity contribution >= 4 is 103 Å². The predicted octanol–water partition coefficient (Wildman–Crippen LogP) is 10.6. The standard InChI is InChI=1S/C38H28N8O10S3/c39-57(49,50)26-14-16-34(36(22-26)46(47)48)40-24-9-11-25(12-10-24)42-43-31-17-18-33(30-21-27(58(51,52)53)13-15-28(30)31)45-44-32-19-20-35(41-23-5-2-1-3-6-23)38-29(32)7-4-8-37(38)59(54,55)56/h1-22,40-41H,(H2,39,49,50)(H,51,52,53)(H,54,55,56). The minimum Gasteiger partial charge on any atom is -0.355 e. The van der Waals surface area contributed by atoms with Gasteiger partial charge in [0, 0.05) is 44.7 Å². The van der Waals surface area contributed by atoms with Gasteiger partial charge >= 0.3 is 0 Å². The zero-order valence-corrected chi connectivity index (χ0v) is 32.3. The highest BCUT2D eigenvalue weighted by atomic mass is 32.2. The van der Waals surface area contributed by atoms with E-state index in [1.54, 1.807) is 72.8 Å². The van der Waals surface area contributed by atoms with Crippen LogP contribution >= 0.6 is 0 Å². The highest BCUT2D eigenvalue weighted by Crippen LogP contribution is 2.41. The van der Waals surface area contributed by atoms with Crippen LogP contribution in [0.3, 0.4) is 0 Å². The lowest BCUT2D eigenvalue weighted by molar-refractivity contribution is -0.384. The van der Waals surface area contributed by atoms with E-state index < -0.39 is 50.6 Å². The highest BCUT2D eigenvalue weighted by molar-refractivity contribution is 7.87. The number of nitro benzene ring substituents is 1. The topological polar surface area (TPSA) is 287 Å². The third kappa shape index (κ3) is 8.94. The molecule has 0 saturated heterocycles. The van der Waals surface area contributed by atoms with Gasteiger partial charge < -0.3 is 10.6 Å². The van der Waals surface area contributed by atoms with Gasteiger partial charge in [-0.05, 0) is 91.0 Å². The van der Waals surface area contributed by atoms with Gasteiger partial charge in [0.15, 0.2) is 10.0 Å². The fourth-order valence-electron chi connectivity index (χ4n) is 6.00. The maximum absolute atomic E-state index is 12.5. The number of fused-ring (bicyclic) bond motifs is 2. The van der Waals surface area contributed by atoms with E-state index in [9.17, 15) is 44.8 Å². The molecule has 7 aromatic carbocycles. The Morgan fingerprint density at radius 2 is 1.12 bits per heavy atom. The molecule has 18 nitrogen and oxygen atoms in total. The van der Waals surface area contributed by atoms with Crippen LogP contribution in [0.2, 0.25) is 0 Å². The second-order valence-electron chi connectivity index (χ2n) is 12.6. The molecule has 59 heavy (non-hydrogen) atoms. The van der Waals surface area contributed by atoms with Crippen LogP contribution in [0.4, 0.5) is 51.2 Å². The Balaban J connectivity index is 1.22. The molecular formula is C38H28N8O10S3. The van der Waals surface area contributed by atoms with E-state index >= 15 is 0 Å². The Kier molecular flexibility index (Phi) is 10.7. The van der Waals surface area contributed by atoms with Crippen molar-refractivity contribution in [2.24, 2.45) is 20.5 Å². The molecule has 0 radical (unpaired) electrons. The molecule has 0 fully saturated rings. The van der Waals surface area contributed by atoms with Crippen LogP contribution in [0.1, 0.15) is 0 Å². The lowest BCUT2D eigenvalue weighted by Crippen LogP contribution is -2.01. The number of nitrogens with zero attached hydrogens (tertiary/aromatic N) is 5. The Morgan fingerprint density at radius 1 is 0.542 bits per heavy atom. The molecule has 0 aliphatic heterocycles. The van der Waals surface area contributed by atoms with Crippen molar-refractivity contribution in [1.82, 2.24) is 0 Å². The van der Waals surface area contributed by atoms with Crippen LogP contribution in [-0.4, -0.2) is 39.6 Å². The predicted molar refractivity (Wildman–Crippen MR) is 220 cm³/mol. The number of rotatable bonds is 12. The summed E-state index contributed by atoms with van der Waals surface area (Å²) in [6, 6.07) is 32.7. The van der Waals surface area contributed by atoms with E-state index in [-0.39, 0.29) is 38.4 Å². The molecule has 21 heteroatoms. The number of para-hydroxylation sites is 1. The van der Waals surface area contributed by atoms with Crippen molar-refractivity contribution in [3.8, 4) is 0 Å². The fourth-order valence-corrected chi connectivity index (χ4v) is 7.76. The molecule has 1 unspecified atom stereocenters. The van der Waals surface area contributed by atoms with E-state index in [4.69, 9.17) is 4.78 Å². The largest absolute Gasteiger partial charge is 0.355 e. The fraction of sp³-hybridized carbons (Fsp3) is 0. The summed E-state index contributed by atoms with van der Waals surface area (Å²) in [5.41, 5.74) is 1.90. The normalized spacial score (nSPS) is 13.2. The van der Waals surface area contributed by atoms with Gasteiger partial charge in [-0.15, -0.1) is 15.3 Å². The summed E-state index contributed by atoms with van der Waals surface area (Å²) in [6.07, 6.45) is 0. The van der Waals surface area contributed by atoms with Crippen molar-refractivity contribution in [3.05, 3.63) is 144 Å². The summed E-state index contributed by atoms with van der Waals surface area (Å²) in [7, 11) is -13.5. The van der Waals surface area contributed by atoms with Crippen molar-refractivity contribution in [2.45, 2.75) is 14.7 Å². The Morgan fingerprint density at radius 3 is 1.76 bits per heavy atom. The summed E-state index contributed by atoms with van der Waals surface area (Å²) in [5.74, 6) is 0. The van der Waals surface area contributed by atoms with Gasteiger partial charge in [-0.2, -0.15) is 21.9 Å². The van der Waals surface area contributed by atoms with Crippen LogP contribution < -0.4 is 10.6 Å². The van der Waals surface area contributed by atoms with Crippen LogP contribution in [0.25, 0.3) is 21.5 Å². The average Bonchev–Trinajstić information content (AvgIpc) is 3.19. The molecule has 298 valence electrons. The molecule has 0 spiro atoms. The summed E-state index contributed by atoms with van der Waals surface area (Å²) < 4.78 is 97.7. The minimum atomic E-state index is -4.69. The van der Waals surface area contributed by atoms with Gasteiger partial charge in [-0.25, -0.2) is 8.99 Å². The van der Waals surface area contributed by atoms with Crippen LogP contribution in [-0.2, 0) is 30.2 Å². The molecule has 0 bridgehead atoms. The minimum absolute atomic E-state index is 0.0119. The van der Waals surface area contributed by atoms with Crippen molar-refractivity contribution in [3.63, 3.8) is 0 Å². The maximum Gasteiger partial charge on any atom is 0.295 e. The van der Waals surface area contributed by atoms with E-state index in [1.807, 2.05) is 6.07 Å². The van der Waals surface area contributed by atoms with Gasteiger partial charge in [0.25, 0.3) is 25.9 Å². The third-order valence-corrected chi connectivity index (χ3v) is 11.4. The SMILES string of the molecule is N=S(=O)(O)c1ccc(Nc2ccc(N=Nc3ccc(N=Nc4ccc(Nc5ccccc5)c5c(S(=O)(=O)O)cccc45)c4cc(S(=O)(=O)O)ccc34)cc2)c([N+](=O)[O-])c1. The van der Waals surface area contributed by atoms with Gasteiger partial charge in [0.05, 0.1) is 37.5 Å². The molecule has 0 aliphatic rings. The number of benzene rings is 7. The molecule has 7 rings (SSSR count). The monoisotopic (exact) mass is 852 g/mol. The number of hydrogen-bond acceptors (Lipinski definition) is 14. The third-order valence-electron chi connectivity index (χ3n) is 8.72. The Bertz CT molecular complexity index is 3220. The number of nitro groups is 1. The van der Waals surface area contributed by atoms with Crippen LogP contribution in [0.5, 0.6) is 0 Å². The summed E-state index contributed by atoms with van der Waals surface area (Å²) in [4.78, 5) is 9.65. The smallest absolute Gasteiger partial charge is 0.295 e. The lowest BCUT2D eigenvalue weighted by Gasteiger charge is -2.14. The van der Waals surface area contributed by atoms with E-state index in [1.165, 1.54) is 42.5 Å². The number of anilines is 4. The molecule has 0 amide bonds. The second kappa shape index (κ2) is 15.7. The van der Waals surface area contributed by atoms with Gasteiger partial charge in [-0.3, -0.25) is 23.8 Å². The van der Waals surface area contributed by atoms with Crippen molar-refractivity contribution in [2.75, 3.05) is 10.6 Å². The molecule has 0 heterocycles. The number of hydrogen-bond donors (Lipinski definition) is 6. The first-order chi connectivity index (χ1) is 28.0. The van der Waals surface area contributed by atoms with Crippen molar-refractivity contribution < 1.29 is 39.6 Å². The van der Waals surface area contributed by atoms with Crippen molar-refractivity contribution in [1.29, 1.82) is 4.78 Å². The lowest BCUT2D eigenvalue weighted by atomic mass is 10.1. The summed E-state index contributed by atoms with van der Waals surface area (Å²) >= 11 is 0. The zero-order valence-electron chi connectivity index (χ0n) is 29.9. The quantitative estimate of drug-likeness (QED) is 0.0289.